The molecule has 2 N–H and O–H groups in total. The fourth-order valence-corrected chi connectivity index (χ4v) is 2.97. The van der Waals surface area contributed by atoms with Crippen LogP contribution in [0.3, 0.4) is 0 Å². The topological polar surface area (TPSA) is 67.4 Å². The molecule has 0 saturated carbocycles. The summed E-state index contributed by atoms with van der Waals surface area (Å²) in [6.07, 6.45) is -0.681. The van der Waals surface area contributed by atoms with Gasteiger partial charge in [0.25, 0.3) is 11.8 Å². The highest BCUT2D eigenvalue weighted by atomic mass is 16.5. The molecule has 3 aromatic rings. The van der Waals surface area contributed by atoms with E-state index in [4.69, 9.17) is 4.74 Å². The lowest BCUT2D eigenvalue weighted by atomic mass is 10.1. The van der Waals surface area contributed by atoms with Crippen LogP contribution in [0.25, 0.3) is 0 Å². The molecule has 154 valence electrons. The quantitative estimate of drug-likeness (QED) is 0.590. The maximum absolute atomic E-state index is 12.5. The van der Waals surface area contributed by atoms with Crippen molar-refractivity contribution in [3.8, 4) is 5.75 Å². The van der Waals surface area contributed by atoms with E-state index < -0.39 is 6.10 Å². The minimum absolute atomic E-state index is 0.194. The molecule has 0 heterocycles. The second kappa shape index (κ2) is 9.27. The molecule has 5 heteroatoms. The van der Waals surface area contributed by atoms with Crippen LogP contribution < -0.4 is 15.4 Å². The number of ether oxygens (including phenoxy) is 1. The fourth-order valence-electron chi connectivity index (χ4n) is 2.97. The smallest absolute Gasteiger partial charge is 0.265 e. The maximum Gasteiger partial charge on any atom is 0.265 e. The minimum Gasteiger partial charge on any atom is -0.481 e. The number of carbonyl (C=O) groups excluding carboxylic acids is 2. The summed E-state index contributed by atoms with van der Waals surface area (Å²) in [4.78, 5) is 24.9. The summed E-state index contributed by atoms with van der Waals surface area (Å²) in [5, 5.41) is 5.80. The third-order valence-electron chi connectivity index (χ3n) is 5.05. The zero-order valence-electron chi connectivity index (χ0n) is 17.7. The third-order valence-corrected chi connectivity index (χ3v) is 5.05. The van der Waals surface area contributed by atoms with Crippen molar-refractivity contribution in [1.29, 1.82) is 0 Å². The molecule has 2 amide bonds. The molecule has 0 bridgehead atoms. The Bertz CT molecular complexity index is 1060. The van der Waals surface area contributed by atoms with Gasteiger partial charge in [-0.05, 0) is 80.8 Å². The van der Waals surface area contributed by atoms with Gasteiger partial charge in [-0.2, -0.15) is 0 Å². The maximum atomic E-state index is 12.5. The lowest BCUT2D eigenvalue weighted by molar-refractivity contribution is -0.122. The fraction of sp³-hybridized carbons (Fsp3) is 0.200. The van der Waals surface area contributed by atoms with Crippen molar-refractivity contribution in [3.05, 3.63) is 89.0 Å². The number of aryl methyl sites for hydroxylation is 2. The predicted molar refractivity (Wildman–Crippen MR) is 120 cm³/mol. The first-order valence-electron chi connectivity index (χ1n) is 9.86. The largest absolute Gasteiger partial charge is 0.481 e. The van der Waals surface area contributed by atoms with Gasteiger partial charge < -0.3 is 15.4 Å². The van der Waals surface area contributed by atoms with Crippen LogP contribution in [0.4, 0.5) is 11.4 Å². The van der Waals surface area contributed by atoms with Crippen molar-refractivity contribution >= 4 is 23.2 Å². The molecule has 0 unspecified atom stereocenters. The molecule has 30 heavy (non-hydrogen) atoms. The highest BCUT2D eigenvalue weighted by molar-refractivity contribution is 6.04. The van der Waals surface area contributed by atoms with Crippen LogP contribution in [-0.2, 0) is 4.79 Å². The standard InChI is InChI=1S/C25H26N2O3/c1-16-9-7-11-23(18(16)3)27-25(29)20-12-14-21(15-13-20)30-19(4)24(28)26-22-10-6-5-8-17(22)2/h5-15,19H,1-4H3,(H,26,28)(H,27,29)/t19-/m1/s1. The Labute approximate surface area is 177 Å². The van der Waals surface area contributed by atoms with E-state index in [2.05, 4.69) is 10.6 Å². The van der Waals surface area contributed by atoms with Gasteiger partial charge in [0.05, 0.1) is 0 Å². The molecule has 1 atom stereocenters. The van der Waals surface area contributed by atoms with Gasteiger partial charge in [-0.25, -0.2) is 0 Å². The Morgan fingerprint density at radius 3 is 2.10 bits per heavy atom. The van der Waals surface area contributed by atoms with Gasteiger partial charge in [-0.1, -0.05) is 30.3 Å². The van der Waals surface area contributed by atoms with Gasteiger partial charge in [-0.3, -0.25) is 9.59 Å². The van der Waals surface area contributed by atoms with Crippen molar-refractivity contribution in [2.45, 2.75) is 33.8 Å². The molecule has 3 rings (SSSR count). The van der Waals surface area contributed by atoms with Crippen molar-refractivity contribution in [2.24, 2.45) is 0 Å². The van der Waals surface area contributed by atoms with E-state index in [1.165, 1.54) is 0 Å². The van der Waals surface area contributed by atoms with E-state index in [0.29, 0.717) is 11.3 Å². The van der Waals surface area contributed by atoms with Gasteiger partial charge in [0.1, 0.15) is 5.75 Å². The van der Waals surface area contributed by atoms with E-state index in [9.17, 15) is 9.59 Å². The zero-order valence-corrected chi connectivity index (χ0v) is 17.7. The number of nitrogens with one attached hydrogen (secondary N) is 2. The van der Waals surface area contributed by atoms with Crippen molar-refractivity contribution in [1.82, 2.24) is 0 Å². The average molecular weight is 402 g/mol. The first-order chi connectivity index (χ1) is 14.3. The molecular weight excluding hydrogens is 376 g/mol. The van der Waals surface area contributed by atoms with Crippen LogP contribution >= 0.6 is 0 Å². The third kappa shape index (κ3) is 5.06. The second-order valence-corrected chi connectivity index (χ2v) is 7.29. The number of carbonyl (C=O) groups is 2. The van der Waals surface area contributed by atoms with Crippen molar-refractivity contribution in [2.75, 3.05) is 10.6 Å². The Balaban J connectivity index is 1.61. The molecule has 0 aliphatic heterocycles. The highest BCUT2D eigenvalue weighted by Gasteiger charge is 2.16. The summed E-state index contributed by atoms with van der Waals surface area (Å²) in [7, 11) is 0. The first kappa shape index (κ1) is 21.1. The number of hydrogen-bond acceptors (Lipinski definition) is 3. The van der Waals surface area contributed by atoms with Gasteiger partial charge in [-0.15, -0.1) is 0 Å². The molecule has 0 saturated heterocycles. The van der Waals surface area contributed by atoms with Gasteiger partial charge in [0, 0.05) is 16.9 Å². The van der Waals surface area contributed by atoms with E-state index >= 15 is 0 Å². The van der Waals surface area contributed by atoms with Crippen molar-refractivity contribution in [3.63, 3.8) is 0 Å². The number of hydrogen-bond donors (Lipinski definition) is 2. The Hall–Kier alpha value is -3.60. The van der Waals surface area contributed by atoms with Gasteiger partial charge >= 0.3 is 0 Å². The number of anilines is 2. The molecule has 0 aliphatic carbocycles. The molecule has 0 aliphatic rings. The summed E-state index contributed by atoms with van der Waals surface area (Å²) >= 11 is 0. The van der Waals surface area contributed by atoms with Crippen LogP contribution in [0.2, 0.25) is 0 Å². The molecule has 0 aromatic heterocycles. The molecular formula is C25H26N2O3. The lowest BCUT2D eigenvalue weighted by Crippen LogP contribution is -2.30. The van der Waals surface area contributed by atoms with Crippen LogP contribution in [0, 0.1) is 20.8 Å². The monoisotopic (exact) mass is 402 g/mol. The first-order valence-corrected chi connectivity index (χ1v) is 9.86. The average Bonchev–Trinajstić information content (AvgIpc) is 2.73. The summed E-state index contributed by atoms with van der Waals surface area (Å²) in [6.45, 7) is 7.61. The Kier molecular flexibility index (Phi) is 6.52. The minimum atomic E-state index is -0.681. The van der Waals surface area contributed by atoms with E-state index in [0.717, 1.165) is 28.1 Å². The summed E-state index contributed by atoms with van der Waals surface area (Å²) in [5.41, 5.74) is 5.21. The summed E-state index contributed by atoms with van der Waals surface area (Å²) in [5.74, 6) is 0.0901. The highest BCUT2D eigenvalue weighted by Crippen LogP contribution is 2.20. The van der Waals surface area contributed by atoms with Crippen LogP contribution in [0.5, 0.6) is 5.75 Å². The summed E-state index contributed by atoms with van der Waals surface area (Å²) < 4.78 is 5.73. The Morgan fingerprint density at radius 2 is 1.40 bits per heavy atom. The lowest BCUT2D eigenvalue weighted by Gasteiger charge is -2.16. The second-order valence-electron chi connectivity index (χ2n) is 7.29. The van der Waals surface area contributed by atoms with Crippen molar-refractivity contribution < 1.29 is 14.3 Å². The molecule has 5 nitrogen and oxygen atoms in total. The number of rotatable bonds is 6. The molecule has 0 fully saturated rings. The molecule has 3 aromatic carbocycles. The van der Waals surface area contributed by atoms with Crippen LogP contribution in [0.15, 0.2) is 66.7 Å². The summed E-state index contributed by atoms with van der Waals surface area (Å²) in [6, 6.07) is 20.1. The Morgan fingerprint density at radius 1 is 0.767 bits per heavy atom. The number of para-hydroxylation sites is 1. The number of benzene rings is 3. The van der Waals surface area contributed by atoms with E-state index in [-0.39, 0.29) is 11.8 Å². The van der Waals surface area contributed by atoms with Crippen LogP contribution in [0.1, 0.15) is 34.0 Å². The predicted octanol–water partition coefficient (Wildman–Crippen LogP) is 5.27. The van der Waals surface area contributed by atoms with Gasteiger partial charge in [0.2, 0.25) is 0 Å². The SMILES string of the molecule is Cc1ccccc1NC(=O)[C@@H](C)Oc1ccc(C(=O)Nc2cccc(C)c2C)cc1. The van der Waals surface area contributed by atoms with E-state index in [1.807, 2.05) is 63.2 Å². The molecule has 0 radical (unpaired) electrons. The normalized spacial score (nSPS) is 11.5. The molecule has 0 spiro atoms. The number of amides is 2. The van der Waals surface area contributed by atoms with Gasteiger partial charge in [0.15, 0.2) is 6.10 Å². The zero-order chi connectivity index (χ0) is 21.7. The van der Waals surface area contributed by atoms with E-state index in [1.54, 1.807) is 31.2 Å². The van der Waals surface area contributed by atoms with Crippen LogP contribution in [-0.4, -0.2) is 17.9 Å².